The van der Waals surface area contributed by atoms with Gasteiger partial charge in [0.15, 0.2) is 0 Å². The highest BCUT2D eigenvalue weighted by molar-refractivity contribution is 5.90. The molecule has 0 radical (unpaired) electrons. The summed E-state index contributed by atoms with van der Waals surface area (Å²) in [5, 5.41) is 19.6. The summed E-state index contributed by atoms with van der Waals surface area (Å²) in [6.45, 7) is 24.3. The maximum Gasteiger partial charge on any atom is 0.336 e. The Balaban J connectivity index is 1.30. The zero-order valence-electron chi connectivity index (χ0n) is 32.7. The van der Waals surface area contributed by atoms with Crippen LogP contribution in [-0.2, 0) is 14.3 Å². The number of aliphatic carboxylic acids is 1. The molecular formula is C45H62O6. The summed E-state index contributed by atoms with van der Waals surface area (Å²) >= 11 is 0. The van der Waals surface area contributed by atoms with Crippen LogP contribution in [0.1, 0.15) is 148 Å². The molecule has 5 aliphatic rings. The normalized spacial score (nSPS) is 39.5. The highest BCUT2D eigenvalue weighted by atomic mass is 16.5. The number of aryl methyl sites for hydroxylation is 1. The molecule has 2 N–H and O–H groups in total. The summed E-state index contributed by atoms with van der Waals surface area (Å²) in [5.41, 5.74) is 2.09. The summed E-state index contributed by atoms with van der Waals surface area (Å²) in [7, 11) is 0. The first-order valence-corrected chi connectivity index (χ1v) is 19.6. The van der Waals surface area contributed by atoms with E-state index in [2.05, 4.69) is 60.0 Å². The molecule has 0 saturated heterocycles. The molecule has 278 valence electrons. The van der Waals surface area contributed by atoms with Crippen LogP contribution in [0.2, 0.25) is 0 Å². The molecule has 10 atom stereocenters. The predicted molar refractivity (Wildman–Crippen MR) is 200 cm³/mol. The minimum absolute atomic E-state index is 0.115. The van der Waals surface area contributed by atoms with E-state index in [0.29, 0.717) is 35.2 Å². The van der Waals surface area contributed by atoms with Gasteiger partial charge in [-0.15, -0.1) is 0 Å². The van der Waals surface area contributed by atoms with Crippen molar-refractivity contribution in [2.24, 2.45) is 62.1 Å². The van der Waals surface area contributed by atoms with Gasteiger partial charge in [-0.1, -0.05) is 64.7 Å². The van der Waals surface area contributed by atoms with Crippen molar-refractivity contribution in [3.8, 4) is 11.8 Å². The molecule has 0 amide bonds. The van der Waals surface area contributed by atoms with E-state index in [9.17, 15) is 24.6 Å². The van der Waals surface area contributed by atoms with Crippen molar-refractivity contribution in [3.05, 3.63) is 47.0 Å². The second kappa shape index (κ2) is 12.5. The molecule has 4 unspecified atom stereocenters. The van der Waals surface area contributed by atoms with Crippen LogP contribution >= 0.6 is 0 Å². The lowest BCUT2D eigenvalue weighted by molar-refractivity contribution is -0.247. The lowest BCUT2D eigenvalue weighted by Crippen LogP contribution is -2.66. The fraction of sp³-hybridized carbons (Fsp3) is 0.711. The average molecular weight is 699 g/mol. The van der Waals surface area contributed by atoms with Crippen molar-refractivity contribution in [1.82, 2.24) is 0 Å². The van der Waals surface area contributed by atoms with Gasteiger partial charge < -0.3 is 14.9 Å². The van der Waals surface area contributed by atoms with E-state index in [-0.39, 0.29) is 45.2 Å². The molecule has 0 aliphatic heterocycles. The molecule has 6 heteroatoms. The molecule has 0 spiro atoms. The highest BCUT2D eigenvalue weighted by Crippen LogP contribution is 2.77. The lowest BCUT2D eigenvalue weighted by Gasteiger charge is -2.72. The Hall–Kier alpha value is -3.07. The number of aromatic carboxylic acids is 1. The Morgan fingerprint density at radius 3 is 2.25 bits per heavy atom. The first kappa shape index (κ1) is 37.7. The Bertz CT molecular complexity index is 1690. The zero-order valence-corrected chi connectivity index (χ0v) is 32.7. The van der Waals surface area contributed by atoms with Crippen LogP contribution in [-0.4, -0.2) is 34.2 Å². The maximum absolute atomic E-state index is 13.1. The van der Waals surface area contributed by atoms with Crippen molar-refractivity contribution >= 4 is 17.9 Å². The van der Waals surface area contributed by atoms with E-state index < -0.39 is 23.3 Å². The van der Waals surface area contributed by atoms with Crippen molar-refractivity contribution in [1.29, 1.82) is 0 Å². The van der Waals surface area contributed by atoms with Gasteiger partial charge in [-0.05, 0) is 155 Å². The van der Waals surface area contributed by atoms with Crippen molar-refractivity contribution in [3.63, 3.8) is 0 Å². The summed E-state index contributed by atoms with van der Waals surface area (Å²) in [6.07, 6.45) is 10.4. The summed E-state index contributed by atoms with van der Waals surface area (Å²) in [5.74, 6) is 7.28. The van der Waals surface area contributed by atoms with E-state index in [1.807, 2.05) is 19.1 Å². The van der Waals surface area contributed by atoms with Crippen molar-refractivity contribution < 1.29 is 29.3 Å². The predicted octanol–water partition coefficient (Wildman–Crippen LogP) is 10.1. The fourth-order valence-electron chi connectivity index (χ4n) is 13.3. The summed E-state index contributed by atoms with van der Waals surface area (Å²) in [6, 6.07) is 5.48. The molecule has 51 heavy (non-hydrogen) atoms. The number of carbonyl (C=O) groups is 3. The first-order chi connectivity index (χ1) is 23.6. The molecule has 5 aliphatic carbocycles. The van der Waals surface area contributed by atoms with Crippen molar-refractivity contribution in [2.75, 3.05) is 0 Å². The van der Waals surface area contributed by atoms with E-state index in [1.54, 1.807) is 19.9 Å². The molecule has 0 aromatic heterocycles. The van der Waals surface area contributed by atoms with Gasteiger partial charge in [-0.2, -0.15) is 0 Å². The van der Waals surface area contributed by atoms with Crippen LogP contribution in [0.5, 0.6) is 0 Å². The molecule has 5 saturated carbocycles. The lowest BCUT2D eigenvalue weighted by atomic mass is 9.32. The van der Waals surface area contributed by atoms with Gasteiger partial charge in [-0.3, -0.25) is 9.59 Å². The van der Waals surface area contributed by atoms with Gasteiger partial charge in [0.25, 0.3) is 0 Å². The number of esters is 1. The van der Waals surface area contributed by atoms with Gasteiger partial charge >= 0.3 is 17.9 Å². The monoisotopic (exact) mass is 698 g/mol. The number of hydrogen-bond acceptors (Lipinski definition) is 4. The molecule has 1 aromatic carbocycles. The topological polar surface area (TPSA) is 101 Å². The fourth-order valence-corrected chi connectivity index (χ4v) is 13.3. The molecule has 0 bridgehead atoms. The second-order valence-corrected chi connectivity index (χ2v) is 19.7. The van der Waals surface area contributed by atoms with Crippen LogP contribution in [0.3, 0.4) is 0 Å². The maximum atomic E-state index is 13.1. The van der Waals surface area contributed by atoms with E-state index in [1.165, 1.54) is 18.4 Å². The first-order valence-electron chi connectivity index (χ1n) is 19.6. The summed E-state index contributed by atoms with van der Waals surface area (Å²) in [4.78, 5) is 36.9. The Labute approximate surface area is 306 Å². The Morgan fingerprint density at radius 1 is 0.902 bits per heavy atom. The molecule has 0 heterocycles. The van der Waals surface area contributed by atoms with Gasteiger partial charge in [-0.25, -0.2) is 4.79 Å². The summed E-state index contributed by atoms with van der Waals surface area (Å²) < 4.78 is 6.17. The number of carbonyl (C=O) groups excluding carboxylic acids is 1. The van der Waals surface area contributed by atoms with Crippen LogP contribution in [0.15, 0.2) is 30.4 Å². The highest BCUT2D eigenvalue weighted by Gasteiger charge is 2.71. The molecule has 6 nitrogen and oxygen atoms in total. The van der Waals surface area contributed by atoms with E-state index in [0.717, 1.165) is 56.9 Å². The second-order valence-electron chi connectivity index (χ2n) is 19.7. The third kappa shape index (κ3) is 5.79. The number of ether oxygens (including phenoxy) is 1. The van der Waals surface area contributed by atoms with Crippen LogP contribution in [0, 0.1) is 80.8 Å². The Morgan fingerprint density at radius 2 is 1.61 bits per heavy atom. The smallest absolute Gasteiger partial charge is 0.336 e. The SMILES string of the molecule is C=C(C)[C@@H]1CC[C@]2(C#Cc3cc(C)ccc3C(=O)O)CC[C@]3(C)C(CCC4[C@@]5(C)CC[C@H](OC(=O)CC(C)(C)C(=O)O)C(C)(C)C5CC[C@]43C)C12. The van der Waals surface area contributed by atoms with Gasteiger partial charge in [0.2, 0.25) is 0 Å². The van der Waals surface area contributed by atoms with Crippen molar-refractivity contribution in [2.45, 2.75) is 139 Å². The average Bonchev–Trinajstić information content (AvgIpc) is 3.41. The number of carboxylic acids is 2. The van der Waals surface area contributed by atoms with Gasteiger partial charge in [0.05, 0.1) is 17.4 Å². The third-order valence-corrected chi connectivity index (χ3v) is 16.3. The zero-order chi connectivity index (χ0) is 37.5. The largest absolute Gasteiger partial charge is 0.481 e. The molecule has 1 aromatic rings. The van der Waals surface area contributed by atoms with Crippen LogP contribution < -0.4 is 0 Å². The number of rotatable bonds is 6. The van der Waals surface area contributed by atoms with Crippen LogP contribution in [0.4, 0.5) is 0 Å². The number of carboxylic acid groups (broad SMARTS) is 2. The van der Waals surface area contributed by atoms with Gasteiger partial charge in [0, 0.05) is 16.4 Å². The third-order valence-electron chi connectivity index (χ3n) is 16.3. The Kier molecular flexibility index (Phi) is 9.25. The molecule has 5 fully saturated rings. The molecular weight excluding hydrogens is 636 g/mol. The minimum atomic E-state index is -1.15. The standard InChI is InChI=1S/C45H62O6/c1-27(2)30-16-22-45(21-15-29-25-28(3)11-12-31(29)38(47)48)24-23-43(9)32(37(30)45)13-14-34-42(8)19-18-35(51-36(46)26-40(4,5)39(49)50)41(6,7)33(42)17-20-44(34,43)10/h11-12,25,30,32-35,37H,1,13-14,16-20,22-24,26H2,2-10H3,(H,47,48)(H,49,50)/t30-,32?,33?,34?,35-,37?,42-,43+,44+,45+/m0/s1. The number of fused-ring (bicyclic) bond motifs is 7. The number of benzene rings is 1. The quantitative estimate of drug-likeness (QED) is 0.174. The minimum Gasteiger partial charge on any atom is -0.481 e. The number of allylic oxidation sites excluding steroid dienone is 1. The molecule has 6 rings (SSSR count). The van der Waals surface area contributed by atoms with Crippen LogP contribution in [0.25, 0.3) is 0 Å². The number of hydrogen-bond donors (Lipinski definition) is 2. The van der Waals surface area contributed by atoms with E-state index in [4.69, 9.17) is 4.74 Å². The van der Waals surface area contributed by atoms with E-state index >= 15 is 0 Å². The van der Waals surface area contributed by atoms with Gasteiger partial charge in [0.1, 0.15) is 6.10 Å².